The maximum Gasteiger partial charge on any atom is 0.147 e. The van der Waals surface area contributed by atoms with Gasteiger partial charge in [0.15, 0.2) is 0 Å². The van der Waals surface area contributed by atoms with Gasteiger partial charge in [-0.1, -0.05) is 32.4 Å². The molecule has 1 unspecified atom stereocenters. The lowest BCUT2D eigenvalue weighted by Crippen LogP contribution is -2.31. The highest BCUT2D eigenvalue weighted by Crippen LogP contribution is 2.26. The average molecular weight is 284 g/mol. The fourth-order valence-corrected chi connectivity index (χ4v) is 2.47. The minimum atomic E-state index is 0.435. The van der Waals surface area contributed by atoms with Gasteiger partial charge in [0.1, 0.15) is 5.82 Å². The first-order valence-corrected chi connectivity index (χ1v) is 7.41. The van der Waals surface area contributed by atoms with Gasteiger partial charge in [0.25, 0.3) is 0 Å². The summed E-state index contributed by atoms with van der Waals surface area (Å²) in [6, 6.07) is 2.44. The van der Waals surface area contributed by atoms with E-state index in [1.54, 1.807) is 0 Å². The number of anilines is 1. The Morgan fingerprint density at radius 2 is 2.05 bits per heavy atom. The molecule has 3 nitrogen and oxygen atoms in total. The molecule has 1 N–H and O–H groups in total. The molecule has 0 aromatic carbocycles. The third-order valence-corrected chi connectivity index (χ3v) is 3.54. The predicted molar refractivity (Wildman–Crippen MR) is 83.9 cm³/mol. The Kier molecular flexibility index (Phi) is 6.59. The van der Waals surface area contributed by atoms with Crippen molar-refractivity contribution in [1.82, 2.24) is 10.3 Å². The largest absolute Gasteiger partial charge is 0.356 e. The lowest BCUT2D eigenvalue weighted by Gasteiger charge is -2.28. The topological polar surface area (TPSA) is 28.2 Å². The van der Waals surface area contributed by atoms with Crippen LogP contribution in [0.5, 0.6) is 0 Å². The van der Waals surface area contributed by atoms with Crippen LogP contribution in [0.2, 0.25) is 5.02 Å². The van der Waals surface area contributed by atoms with E-state index in [0.29, 0.717) is 12.0 Å². The number of aromatic nitrogens is 1. The summed E-state index contributed by atoms with van der Waals surface area (Å²) < 4.78 is 0. The van der Waals surface area contributed by atoms with Gasteiger partial charge in [0.2, 0.25) is 0 Å². The fourth-order valence-electron chi connectivity index (χ4n) is 2.14. The highest BCUT2D eigenvalue weighted by molar-refractivity contribution is 6.33. The molecule has 0 amide bonds. The molecule has 0 fully saturated rings. The van der Waals surface area contributed by atoms with Crippen molar-refractivity contribution in [2.45, 2.75) is 46.7 Å². The average Bonchev–Trinajstić information content (AvgIpc) is 2.34. The molecule has 0 spiro atoms. The Labute approximate surface area is 122 Å². The normalized spacial score (nSPS) is 12.8. The second kappa shape index (κ2) is 7.71. The quantitative estimate of drug-likeness (QED) is 0.827. The highest BCUT2D eigenvalue weighted by Gasteiger charge is 2.15. The van der Waals surface area contributed by atoms with Crippen LogP contribution >= 0.6 is 11.6 Å². The van der Waals surface area contributed by atoms with Crippen molar-refractivity contribution in [3.05, 3.63) is 22.8 Å². The first kappa shape index (κ1) is 16.3. The van der Waals surface area contributed by atoms with E-state index in [9.17, 15) is 0 Å². The van der Waals surface area contributed by atoms with Crippen molar-refractivity contribution in [2.75, 3.05) is 18.5 Å². The molecule has 0 aliphatic rings. The molecule has 0 saturated carbocycles. The minimum absolute atomic E-state index is 0.435. The molecule has 0 radical (unpaired) electrons. The SMILES string of the molecule is CCNCc1cnc(N(C)C(C)CC(C)C)c(Cl)c1. The van der Waals surface area contributed by atoms with E-state index in [2.05, 4.69) is 49.9 Å². The lowest BCUT2D eigenvalue weighted by molar-refractivity contribution is 0.502. The first-order chi connectivity index (χ1) is 8.95. The molecule has 1 aromatic rings. The summed E-state index contributed by atoms with van der Waals surface area (Å²) >= 11 is 6.35. The molecule has 1 atom stereocenters. The Morgan fingerprint density at radius 1 is 1.37 bits per heavy atom. The Morgan fingerprint density at radius 3 is 2.58 bits per heavy atom. The molecule has 1 heterocycles. The van der Waals surface area contributed by atoms with Gasteiger partial charge in [-0.15, -0.1) is 0 Å². The maximum atomic E-state index is 6.35. The first-order valence-electron chi connectivity index (χ1n) is 7.03. The van der Waals surface area contributed by atoms with Crippen molar-refractivity contribution >= 4 is 17.4 Å². The highest BCUT2D eigenvalue weighted by atomic mass is 35.5. The van der Waals surface area contributed by atoms with Gasteiger partial charge in [-0.3, -0.25) is 0 Å². The molecule has 19 heavy (non-hydrogen) atoms. The van der Waals surface area contributed by atoms with Crippen LogP contribution in [0.1, 0.15) is 39.7 Å². The van der Waals surface area contributed by atoms with Crippen molar-refractivity contribution < 1.29 is 0 Å². The van der Waals surface area contributed by atoms with Crippen LogP contribution in [0.15, 0.2) is 12.3 Å². The summed E-state index contributed by atoms with van der Waals surface area (Å²) in [6.07, 6.45) is 3.04. The van der Waals surface area contributed by atoms with E-state index in [4.69, 9.17) is 11.6 Å². The maximum absolute atomic E-state index is 6.35. The van der Waals surface area contributed by atoms with E-state index >= 15 is 0 Å². The van der Waals surface area contributed by atoms with Crippen molar-refractivity contribution in [3.63, 3.8) is 0 Å². The summed E-state index contributed by atoms with van der Waals surface area (Å²) in [6.45, 7) is 10.5. The molecule has 108 valence electrons. The summed E-state index contributed by atoms with van der Waals surface area (Å²) in [4.78, 5) is 6.68. The van der Waals surface area contributed by atoms with Crippen LogP contribution in [0, 0.1) is 5.92 Å². The number of rotatable bonds is 7. The molecule has 1 rings (SSSR count). The van der Waals surface area contributed by atoms with E-state index in [1.165, 1.54) is 0 Å². The van der Waals surface area contributed by atoms with E-state index < -0.39 is 0 Å². The zero-order valence-electron chi connectivity index (χ0n) is 12.7. The standard InChI is InChI=1S/C15H26ClN3/c1-6-17-9-13-8-14(16)15(18-10-13)19(5)12(4)7-11(2)3/h8,10-12,17H,6-7,9H2,1-5H3. The van der Waals surface area contributed by atoms with Crippen LogP contribution in [-0.4, -0.2) is 24.6 Å². The van der Waals surface area contributed by atoms with Crippen LogP contribution in [0.4, 0.5) is 5.82 Å². The third kappa shape index (κ3) is 5.00. The zero-order chi connectivity index (χ0) is 14.4. The number of nitrogens with one attached hydrogen (secondary N) is 1. The summed E-state index contributed by atoms with van der Waals surface area (Å²) in [7, 11) is 2.06. The number of hydrogen-bond donors (Lipinski definition) is 1. The second-order valence-electron chi connectivity index (χ2n) is 5.52. The smallest absolute Gasteiger partial charge is 0.147 e. The van der Waals surface area contributed by atoms with Gasteiger partial charge >= 0.3 is 0 Å². The van der Waals surface area contributed by atoms with Crippen molar-refractivity contribution in [2.24, 2.45) is 5.92 Å². The lowest BCUT2D eigenvalue weighted by atomic mass is 10.0. The summed E-state index contributed by atoms with van der Waals surface area (Å²) in [5.74, 6) is 1.54. The number of hydrogen-bond acceptors (Lipinski definition) is 3. The van der Waals surface area contributed by atoms with Crippen LogP contribution in [0.25, 0.3) is 0 Å². The fraction of sp³-hybridized carbons (Fsp3) is 0.667. The Balaban J connectivity index is 2.77. The molecule has 4 heteroatoms. The van der Waals surface area contributed by atoms with Crippen molar-refractivity contribution in [1.29, 1.82) is 0 Å². The van der Waals surface area contributed by atoms with Crippen LogP contribution < -0.4 is 10.2 Å². The molecular weight excluding hydrogens is 258 g/mol. The molecule has 0 aliphatic carbocycles. The van der Waals surface area contributed by atoms with Gasteiger partial charge in [-0.05, 0) is 37.4 Å². The van der Waals surface area contributed by atoms with E-state index in [-0.39, 0.29) is 0 Å². The molecule has 0 bridgehead atoms. The molecule has 1 aromatic heterocycles. The predicted octanol–water partition coefficient (Wildman–Crippen LogP) is 3.72. The van der Waals surface area contributed by atoms with E-state index in [1.807, 2.05) is 12.3 Å². The van der Waals surface area contributed by atoms with Gasteiger partial charge in [-0.2, -0.15) is 0 Å². The Bertz CT molecular complexity index is 393. The molecule has 0 aliphatic heterocycles. The van der Waals surface area contributed by atoms with Gasteiger partial charge < -0.3 is 10.2 Å². The second-order valence-corrected chi connectivity index (χ2v) is 5.93. The van der Waals surface area contributed by atoms with E-state index in [0.717, 1.165) is 35.9 Å². The number of pyridine rings is 1. The summed E-state index contributed by atoms with van der Waals surface area (Å²) in [5.41, 5.74) is 1.13. The number of nitrogens with zero attached hydrogens (tertiary/aromatic N) is 2. The van der Waals surface area contributed by atoms with Gasteiger partial charge in [0, 0.05) is 25.8 Å². The van der Waals surface area contributed by atoms with Crippen LogP contribution in [0.3, 0.4) is 0 Å². The van der Waals surface area contributed by atoms with Crippen molar-refractivity contribution in [3.8, 4) is 0 Å². The van der Waals surface area contributed by atoms with Gasteiger partial charge in [-0.25, -0.2) is 4.98 Å². The Hall–Kier alpha value is -0.800. The molecular formula is C15H26ClN3. The minimum Gasteiger partial charge on any atom is -0.356 e. The zero-order valence-corrected chi connectivity index (χ0v) is 13.5. The number of halogens is 1. The monoisotopic (exact) mass is 283 g/mol. The third-order valence-electron chi connectivity index (χ3n) is 3.27. The summed E-state index contributed by atoms with van der Waals surface area (Å²) in [5, 5.41) is 4.01. The van der Waals surface area contributed by atoms with Gasteiger partial charge in [0.05, 0.1) is 5.02 Å². The van der Waals surface area contributed by atoms with Crippen LogP contribution in [-0.2, 0) is 6.54 Å². The molecule has 0 saturated heterocycles.